The van der Waals surface area contributed by atoms with Gasteiger partial charge in [-0.2, -0.15) is 0 Å². The maximum Gasteiger partial charge on any atom is 0.264 e. The van der Waals surface area contributed by atoms with Gasteiger partial charge < -0.3 is 5.32 Å². The fourth-order valence-corrected chi connectivity index (χ4v) is 7.05. The van der Waals surface area contributed by atoms with Crippen LogP contribution in [0.5, 0.6) is 0 Å². The van der Waals surface area contributed by atoms with Crippen molar-refractivity contribution in [3.05, 3.63) is 42.2 Å². The Labute approximate surface area is 183 Å². The van der Waals surface area contributed by atoms with E-state index in [1.807, 2.05) is 0 Å². The standard InChI is InChI=1S/C23H28N4O3S/c1-15-7-9-24-22(25-15)27-31(29,30)20-4-2-19(3-5-20)26-21(28)23-8-6-16-10-17(13-23)12-18(11-16)14-23/h2-5,7,9,16-18H,6,8,10-14H2,1H3,(H,26,28)(H,24,25,27). The number of aryl methyl sites for hydroxylation is 1. The molecule has 7 nitrogen and oxygen atoms in total. The highest BCUT2D eigenvalue weighted by Gasteiger charge is 2.51. The largest absolute Gasteiger partial charge is 0.326 e. The van der Waals surface area contributed by atoms with E-state index in [1.165, 1.54) is 37.6 Å². The van der Waals surface area contributed by atoms with Crippen LogP contribution in [0.25, 0.3) is 0 Å². The van der Waals surface area contributed by atoms with Crippen LogP contribution >= 0.6 is 0 Å². The molecule has 1 aromatic heterocycles. The summed E-state index contributed by atoms with van der Waals surface area (Å²) in [5.41, 5.74) is 1.04. The average molecular weight is 441 g/mol. The van der Waals surface area contributed by atoms with Gasteiger partial charge in [-0.25, -0.2) is 23.1 Å². The highest BCUT2D eigenvalue weighted by molar-refractivity contribution is 7.92. The Morgan fingerprint density at radius 2 is 1.71 bits per heavy atom. The molecule has 1 aromatic carbocycles. The van der Waals surface area contributed by atoms with Crippen LogP contribution in [0.1, 0.15) is 50.6 Å². The van der Waals surface area contributed by atoms with Crippen LogP contribution in [0.15, 0.2) is 41.4 Å². The van der Waals surface area contributed by atoms with Crippen LogP contribution in [0.2, 0.25) is 0 Å². The van der Waals surface area contributed by atoms with E-state index in [1.54, 1.807) is 25.1 Å². The number of sulfonamides is 1. The molecule has 0 spiro atoms. The van der Waals surface area contributed by atoms with Crippen molar-refractivity contribution in [1.82, 2.24) is 9.97 Å². The number of hydrogen-bond donors (Lipinski definition) is 2. The number of hydrogen-bond acceptors (Lipinski definition) is 5. The molecular weight excluding hydrogens is 412 g/mol. The minimum absolute atomic E-state index is 0.0371. The molecule has 4 bridgehead atoms. The summed E-state index contributed by atoms with van der Waals surface area (Å²) in [5, 5.41) is 3.08. The summed E-state index contributed by atoms with van der Waals surface area (Å²) in [5.74, 6) is 2.32. The lowest BCUT2D eigenvalue weighted by Crippen LogP contribution is -2.42. The summed E-state index contributed by atoms with van der Waals surface area (Å²) >= 11 is 0. The van der Waals surface area contributed by atoms with Crippen LogP contribution in [0, 0.1) is 30.1 Å². The summed E-state index contributed by atoms with van der Waals surface area (Å²) in [4.78, 5) is 21.4. The Kier molecular flexibility index (Phi) is 5.00. The number of nitrogens with zero attached hydrogens (tertiary/aromatic N) is 2. The molecule has 6 rings (SSSR count). The van der Waals surface area contributed by atoms with Crippen molar-refractivity contribution in [3.63, 3.8) is 0 Å². The van der Waals surface area contributed by atoms with E-state index in [2.05, 4.69) is 20.0 Å². The Morgan fingerprint density at radius 3 is 2.39 bits per heavy atom. The minimum Gasteiger partial charge on any atom is -0.326 e. The number of benzene rings is 1. The van der Waals surface area contributed by atoms with Gasteiger partial charge in [-0.3, -0.25) is 4.79 Å². The SMILES string of the molecule is Cc1ccnc(NS(=O)(=O)c2ccc(NC(=O)C34CCC5CC(CC(C5)C3)C4)cc2)n1. The van der Waals surface area contributed by atoms with Crippen LogP contribution < -0.4 is 10.0 Å². The first-order valence-electron chi connectivity index (χ1n) is 11.1. The quantitative estimate of drug-likeness (QED) is 0.728. The average Bonchev–Trinajstić information content (AvgIpc) is 2.92. The molecule has 2 aromatic rings. The van der Waals surface area contributed by atoms with E-state index in [0.717, 1.165) is 31.6 Å². The molecule has 31 heavy (non-hydrogen) atoms. The van der Waals surface area contributed by atoms with E-state index in [-0.39, 0.29) is 22.2 Å². The molecule has 4 saturated carbocycles. The number of carbonyl (C=O) groups excluding carboxylic acids is 1. The molecule has 4 aliphatic rings. The van der Waals surface area contributed by atoms with E-state index in [9.17, 15) is 13.2 Å². The Bertz CT molecular complexity index is 1090. The zero-order valence-electron chi connectivity index (χ0n) is 17.7. The number of rotatable bonds is 5. The number of amides is 1. The Morgan fingerprint density at radius 1 is 1.03 bits per heavy atom. The van der Waals surface area contributed by atoms with Crippen molar-refractivity contribution < 1.29 is 13.2 Å². The second kappa shape index (κ2) is 7.58. The van der Waals surface area contributed by atoms with Gasteiger partial charge >= 0.3 is 0 Å². The molecular formula is C23H28N4O3S. The predicted molar refractivity (Wildman–Crippen MR) is 118 cm³/mol. The number of aromatic nitrogens is 2. The van der Waals surface area contributed by atoms with Crippen molar-refractivity contribution in [2.24, 2.45) is 23.2 Å². The van der Waals surface area contributed by atoms with Gasteiger partial charge in [-0.05, 0) is 100.0 Å². The van der Waals surface area contributed by atoms with Crippen molar-refractivity contribution in [1.29, 1.82) is 0 Å². The first kappa shape index (κ1) is 20.4. The predicted octanol–water partition coefficient (Wildman–Crippen LogP) is 4.13. The molecule has 1 amide bonds. The van der Waals surface area contributed by atoms with Crippen molar-refractivity contribution >= 4 is 27.6 Å². The highest BCUT2D eigenvalue weighted by atomic mass is 32.2. The summed E-state index contributed by atoms with van der Waals surface area (Å²) in [6, 6.07) is 7.99. The van der Waals surface area contributed by atoms with E-state index in [4.69, 9.17) is 0 Å². The summed E-state index contributed by atoms with van der Waals surface area (Å²) < 4.78 is 27.7. The van der Waals surface area contributed by atoms with Crippen LogP contribution in [0.4, 0.5) is 11.6 Å². The van der Waals surface area contributed by atoms with Crippen LogP contribution in [0.3, 0.4) is 0 Å². The molecule has 0 saturated heterocycles. The second-order valence-corrected chi connectivity index (χ2v) is 11.3. The smallest absolute Gasteiger partial charge is 0.264 e. The minimum atomic E-state index is -3.80. The van der Waals surface area contributed by atoms with Gasteiger partial charge in [0, 0.05) is 17.6 Å². The molecule has 4 aliphatic carbocycles. The monoisotopic (exact) mass is 440 g/mol. The van der Waals surface area contributed by atoms with Gasteiger partial charge in [0.1, 0.15) is 0 Å². The van der Waals surface area contributed by atoms with Crippen molar-refractivity contribution in [3.8, 4) is 0 Å². The first-order valence-corrected chi connectivity index (χ1v) is 12.5. The molecule has 2 N–H and O–H groups in total. The normalized spacial score (nSPS) is 29.4. The van der Waals surface area contributed by atoms with E-state index >= 15 is 0 Å². The van der Waals surface area contributed by atoms with E-state index < -0.39 is 10.0 Å². The lowest BCUT2D eigenvalue weighted by atomic mass is 9.61. The zero-order chi connectivity index (χ0) is 21.6. The third kappa shape index (κ3) is 4.05. The highest BCUT2D eigenvalue weighted by Crippen LogP contribution is 2.57. The van der Waals surface area contributed by atoms with Gasteiger partial charge in [0.25, 0.3) is 10.0 Å². The van der Waals surface area contributed by atoms with Crippen LogP contribution in [-0.2, 0) is 14.8 Å². The first-order chi connectivity index (χ1) is 14.8. The maximum atomic E-state index is 13.3. The fourth-order valence-electron chi connectivity index (χ4n) is 6.10. The third-order valence-electron chi connectivity index (χ3n) is 7.31. The van der Waals surface area contributed by atoms with Gasteiger partial charge in [-0.15, -0.1) is 0 Å². The summed E-state index contributed by atoms with van der Waals surface area (Å²) in [7, 11) is -3.80. The summed E-state index contributed by atoms with van der Waals surface area (Å²) in [6.07, 6.45) is 9.50. The zero-order valence-corrected chi connectivity index (χ0v) is 18.5. The molecule has 8 heteroatoms. The summed E-state index contributed by atoms with van der Waals surface area (Å²) in [6.45, 7) is 1.77. The number of anilines is 2. The molecule has 1 heterocycles. The van der Waals surface area contributed by atoms with Crippen LogP contribution in [-0.4, -0.2) is 24.3 Å². The molecule has 2 atom stereocenters. The third-order valence-corrected chi connectivity index (χ3v) is 8.66. The van der Waals surface area contributed by atoms with Crippen molar-refractivity contribution in [2.45, 2.75) is 56.8 Å². The molecule has 164 valence electrons. The number of nitrogens with one attached hydrogen (secondary N) is 2. The lowest BCUT2D eigenvalue weighted by Gasteiger charge is -2.44. The molecule has 2 unspecified atom stereocenters. The number of carbonyl (C=O) groups is 1. The molecule has 4 fully saturated rings. The van der Waals surface area contributed by atoms with Gasteiger partial charge in [0.2, 0.25) is 11.9 Å². The lowest BCUT2D eigenvalue weighted by molar-refractivity contribution is -0.130. The van der Waals surface area contributed by atoms with Gasteiger partial charge in [0.15, 0.2) is 0 Å². The molecule has 0 radical (unpaired) electrons. The second-order valence-electron chi connectivity index (χ2n) is 9.64. The topological polar surface area (TPSA) is 101 Å². The van der Waals surface area contributed by atoms with Gasteiger partial charge in [-0.1, -0.05) is 0 Å². The molecule has 0 aliphatic heterocycles. The number of fused-ring (bicyclic) bond motifs is 1. The van der Waals surface area contributed by atoms with Gasteiger partial charge in [0.05, 0.1) is 10.3 Å². The van der Waals surface area contributed by atoms with Crippen molar-refractivity contribution in [2.75, 3.05) is 10.0 Å². The maximum absolute atomic E-state index is 13.3. The van der Waals surface area contributed by atoms with E-state index in [0.29, 0.717) is 23.2 Å². The Balaban J connectivity index is 1.30. The fraction of sp³-hybridized carbons (Fsp3) is 0.522. The Hall–Kier alpha value is -2.48.